The molecule has 122 valence electrons. The minimum Gasteiger partial charge on any atom is -0.355 e. The molecule has 0 aliphatic carbocycles. The molecule has 0 unspecified atom stereocenters. The maximum Gasteiger partial charge on any atom is 0.252 e. The molecule has 3 N–H and O–H groups in total. The molecule has 0 atom stereocenters. The number of aromatic nitrogens is 1. The van der Waals surface area contributed by atoms with Crippen molar-refractivity contribution >= 4 is 23.2 Å². The molecule has 6 nitrogen and oxygen atoms in total. The van der Waals surface area contributed by atoms with E-state index in [-0.39, 0.29) is 5.91 Å². The van der Waals surface area contributed by atoms with Crippen molar-refractivity contribution in [2.24, 2.45) is 4.99 Å². The minimum absolute atomic E-state index is 0.128. The van der Waals surface area contributed by atoms with Crippen molar-refractivity contribution in [3.05, 3.63) is 52.0 Å². The molecule has 2 aromatic heterocycles. The van der Waals surface area contributed by atoms with Crippen LogP contribution in [0.3, 0.4) is 0 Å². The van der Waals surface area contributed by atoms with Crippen LogP contribution < -0.4 is 16.0 Å². The van der Waals surface area contributed by atoms with Gasteiger partial charge in [-0.3, -0.25) is 14.8 Å². The Bertz CT molecular complexity index is 654. The lowest BCUT2D eigenvalue weighted by molar-refractivity contribution is 0.0954. The van der Waals surface area contributed by atoms with Gasteiger partial charge < -0.3 is 16.0 Å². The number of hydrogen-bond acceptors (Lipinski definition) is 4. The van der Waals surface area contributed by atoms with Gasteiger partial charge in [-0.25, -0.2) is 0 Å². The second-order valence-electron chi connectivity index (χ2n) is 4.88. The van der Waals surface area contributed by atoms with Crippen molar-refractivity contribution < 1.29 is 4.79 Å². The largest absolute Gasteiger partial charge is 0.355 e. The molecule has 0 saturated heterocycles. The molecule has 7 heteroatoms. The molecule has 0 aliphatic heterocycles. The highest BCUT2D eigenvalue weighted by Gasteiger charge is 2.05. The molecule has 0 radical (unpaired) electrons. The van der Waals surface area contributed by atoms with Crippen molar-refractivity contribution in [3.63, 3.8) is 0 Å². The summed E-state index contributed by atoms with van der Waals surface area (Å²) in [5.74, 6) is 0.588. The number of carbonyl (C=O) groups is 1. The number of aliphatic imine (C=N–C) groups is 1. The van der Waals surface area contributed by atoms with Crippen LogP contribution in [0.5, 0.6) is 0 Å². The molecular formula is C16H21N5OS. The summed E-state index contributed by atoms with van der Waals surface area (Å²) in [5, 5.41) is 11.3. The van der Waals surface area contributed by atoms with Crippen LogP contribution in [0.2, 0.25) is 0 Å². The van der Waals surface area contributed by atoms with Crippen LogP contribution in [0, 0.1) is 6.92 Å². The normalized spacial score (nSPS) is 11.1. The highest BCUT2D eigenvalue weighted by atomic mass is 32.1. The number of aryl methyl sites for hydroxylation is 1. The number of amides is 1. The van der Waals surface area contributed by atoms with Crippen molar-refractivity contribution in [1.82, 2.24) is 20.9 Å². The third-order valence-electron chi connectivity index (χ3n) is 3.23. The van der Waals surface area contributed by atoms with Crippen LogP contribution >= 0.6 is 11.3 Å². The number of pyridine rings is 1. The van der Waals surface area contributed by atoms with E-state index in [0.717, 1.165) is 6.54 Å². The predicted octanol–water partition coefficient (Wildman–Crippen LogP) is 1.55. The van der Waals surface area contributed by atoms with E-state index in [1.165, 1.54) is 10.4 Å². The summed E-state index contributed by atoms with van der Waals surface area (Å²) in [6, 6.07) is 5.58. The monoisotopic (exact) mass is 331 g/mol. The van der Waals surface area contributed by atoms with E-state index in [9.17, 15) is 4.79 Å². The number of hydrogen-bond donors (Lipinski definition) is 3. The number of nitrogens with one attached hydrogen (secondary N) is 3. The average Bonchev–Trinajstić information content (AvgIpc) is 3.00. The molecule has 0 spiro atoms. The summed E-state index contributed by atoms with van der Waals surface area (Å²) >= 11 is 1.72. The minimum atomic E-state index is -0.128. The third-order valence-corrected chi connectivity index (χ3v) is 4.26. The fraction of sp³-hybridized carbons (Fsp3) is 0.312. The Labute approximate surface area is 140 Å². The van der Waals surface area contributed by atoms with Gasteiger partial charge in [0.15, 0.2) is 5.96 Å². The SMILES string of the molecule is CN=C(NCCNC(=O)c1cccnc1)NCc1sccc1C. The zero-order valence-corrected chi connectivity index (χ0v) is 14.1. The Morgan fingerprint density at radius 2 is 2.09 bits per heavy atom. The summed E-state index contributed by atoms with van der Waals surface area (Å²) in [6.07, 6.45) is 3.19. The molecule has 0 fully saturated rings. The van der Waals surface area contributed by atoms with Crippen LogP contribution in [-0.2, 0) is 6.54 Å². The van der Waals surface area contributed by atoms with Gasteiger partial charge in [-0.1, -0.05) is 0 Å². The summed E-state index contributed by atoms with van der Waals surface area (Å²) in [7, 11) is 1.73. The van der Waals surface area contributed by atoms with E-state index in [1.54, 1.807) is 42.9 Å². The fourth-order valence-corrected chi connectivity index (χ4v) is 2.77. The Hall–Kier alpha value is -2.41. The van der Waals surface area contributed by atoms with Crippen LogP contribution in [-0.4, -0.2) is 37.0 Å². The van der Waals surface area contributed by atoms with Crippen molar-refractivity contribution in [3.8, 4) is 0 Å². The second kappa shape index (κ2) is 8.89. The van der Waals surface area contributed by atoms with Crippen LogP contribution in [0.1, 0.15) is 20.8 Å². The summed E-state index contributed by atoms with van der Waals surface area (Å²) in [5.41, 5.74) is 1.84. The molecular weight excluding hydrogens is 310 g/mol. The molecule has 0 bridgehead atoms. The predicted molar refractivity (Wildman–Crippen MR) is 93.8 cm³/mol. The van der Waals surface area contributed by atoms with E-state index >= 15 is 0 Å². The van der Waals surface area contributed by atoms with Crippen molar-refractivity contribution in [2.45, 2.75) is 13.5 Å². The zero-order valence-electron chi connectivity index (χ0n) is 13.3. The van der Waals surface area contributed by atoms with Gasteiger partial charge in [-0.05, 0) is 36.1 Å². The number of carbonyl (C=O) groups excluding carboxylic acids is 1. The zero-order chi connectivity index (χ0) is 16.5. The number of thiophene rings is 1. The highest BCUT2D eigenvalue weighted by Crippen LogP contribution is 2.14. The standard InChI is InChI=1S/C16H21N5OS/c1-12-5-9-23-14(12)11-21-16(17-2)20-8-7-19-15(22)13-4-3-6-18-10-13/h3-6,9-10H,7-8,11H2,1-2H3,(H,19,22)(H2,17,20,21). The topological polar surface area (TPSA) is 78.4 Å². The van der Waals surface area contributed by atoms with Gasteiger partial charge in [0.25, 0.3) is 5.91 Å². The van der Waals surface area contributed by atoms with Gasteiger partial charge in [0.05, 0.1) is 12.1 Å². The molecule has 2 heterocycles. The van der Waals surface area contributed by atoms with Crippen LogP contribution in [0.4, 0.5) is 0 Å². The lowest BCUT2D eigenvalue weighted by Crippen LogP contribution is -2.41. The van der Waals surface area contributed by atoms with Crippen LogP contribution in [0.15, 0.2) is 41.0 Å². The van der Waals surface area contributed by atoms with Crippen molar-refractivity contribution in [1.29, 1.82) is 0 Å². The first-order valence-electron chi connectivity index (χ1n) is 7.36. The van der Waals surface area contributed by atoms with Crippen LogP contribution in [0.25, 0.3) is 0 Å². The van der Waals surface area contributed by atoms with E-state index in [4.69, 9.17) is 0 Å². The molecule has 0 aromatic carbocycles. The molecule has 2 rings (SSSR count). The molecule has 23 heavy (non-hydrogen) atoms. The van der Waals surface area contributed by atoms with Crippen molar-refractivity contribution in [2.75, 3.05) is 20.1 Å². The lowest BCUT2D eigenvalue weighted by atomic mass is 10.3. The molecule has 1 amide bonds. The van der Waals surface area contributed by atoms with E-state index in [0.29, 0.717) is 24.6 Å². The maximum atomic E-state index is 11.9. The first-order valence-corrected chi connectivity index (χ1v) is 8.24. The first kappa shape index (κ1) is 17.0. The van der Waals surface area contributed by atoms with E-state index < -0.39 is 0 Å². The molecule has 0 aliphatic rings. The Kier molecular flexibility index (Phi) is 6.56. The smallest absolute Gasteiger partial charge is 0.252 e. The fourth-order valence-electron chi connectivity index (χ4n) is 1.93. The van der Waals surface area contributed by atoms with E-state index in [2.05, 4.69) is 44.3 Å². The lowest BCUT2D eigenvalue weighted by Gasteiger charge is -2.12. The summed E-state index contributed by atoms with van der Waals surface area (Å²) < 4.78 is 0. The summed E-state index contributed by atoms with van der Waals surface area (Å²) in [6.45, 7) is 3.93. The van der Waals surface area contributed by atoms with Gasteiger partial charge >= 0.3 is 0 Å². The average molecular weight is 331 g/mol. The number of nitrogens with zero attached hydrogens (tertiary/aromatic N) is 2. The molecule has 0 saturated carbocycles. The first-order chi connectivity index (χ1) is 11.2. The van der Waals surface area contributed by atoms with Gasteiger partial charge in [-0.15, -0.1) is 11.3 Å². The van der Waals surface area contributed by atoms with Gasteiger partial charge in [0.2, 0.25) is 0 Å². The Balaban J connectivity index is 1.68. The second-order valence-corrected chi connectivity index (χ2v) is 5.88. The number of guanidine groups is 1. The molecule has 2 aromatic rings. The number of rotatable bonds is 6. The van der Waals surface area contributed by atoms with Gasteiger partial charge in [-0.2, -0.15) is 0 Å². The van der Waals surface area contributed by atoms with Gasteiger partial charge in [0.1, 0.15) is 0 Å². The third kappa shape index (κ3) is 5.37. The maximum absolute atomic E-state index is 11.9. The van der Waals surface area contributed by atoms with E-state index in [1.807, 2.05) is 0 Å². The Morgan fingerprint density at radius 1 is 1.26 bits per heavy atom. The highest BCUT2D eigenvalue weighted by molar-refractivity contribution is 7.10. The Morgan fingerprint density at radius 3 is 2.74 bits per heavy atom. The summed E-state index contributed by atoms with van der Waals surface area (Å²) in [4.78, 5) is 21.2. The van der Waals surface area contributed by atoms with Gasteiger partial charge in [0, 0.05) is 37.4 Å². The quantitative estimate of drug-likeness (QED) is 0.426.